The van der Waals surface area contributed by atoms with Gasteiger partial charge in [-0.3, -0.25) is 4.79 Å². The molecule has 1 aliphatic rings. The molecule has 27 heavy (non-hydrogen) atoms. The first-order valence-electron chi connectivity index (χ1n) is 9.86. The number of fused-ring (bicyclic) bond motifs is 1. The summed E-state index contributed by atoms with van der Waals surface area (Å²) in [6, 6.07) is 17.2. The highest BCUT2D eigenvalue weighted by molar-refractivity contribution is 5.77. The zero-order valence-corrected chi connectivity index (χ0v) is 16.4. The number of hydrogen-bond acceptors (Lipinski definition) is 2. The molecule has 0 saturated carbocycles. The highest BCUT2D eigenvalue weighted by Crippen LogP contribution is 2.34. The fraction of sp³-hybridized carbons (Fsp3) is 0.391. The van der Waals surface area contributed by atoms with Gasteiger partial charge < -0.3 is 9.47 Å². The zero-order chi connectivity index (χ0) is 19.0. The Bertz CT molecular complexity index is 955. The molecule has 1 atom stereocenters. The largest absolute Gasteiger partial charge is 0.333 e. The number of aromatic nitrogens is 2. The average molecular weight is 361 g/mol. The molecule has 2 aromatic carbocycles. The van der Waals surface area contributed by atoms with E-state index in [0.29, 0.717) is 5.92 Å². The fourth-order valence-corrected chi connectivity index (χ4v) is 4.12. The summed E-state index contributed by atoms with van der Waals surface area (Å²) < 4.78 is 2.30. The maximum absolute atomic E-state index is 12.1. The molecule has 1 fully saturated rings. The van der Waals surface area contributed by atoms with Crippen molar-refractivity contribution in [2.45, 2.75) is 52.1 Å². The van der Waals surface area contributed by atoms with Crippen LogP contribution in [-0.2, 0) is 11.3 Å². The zero-order valence-electron chi connectivity index (χ0n) is 16.4. The molecule has 1 aliphatic heterocycles. The molecule has 1 amide bonds. The van der Waals surface area contributed by atoms with E-state index in [1.807, 2.05) is 11.0 Å². The summed E-state index contributed by atoms with van der Waals surface area (Å²) >= 11 is 0. The number of imidazole rings is 1. The lowest BCUT2D eigenvalue weighted by molar-refractivity contribution is -0.129. The van der Waals surface area contributed by atoms with E-state index in [4.69, 9.17) is 4.98 Å². The van der Waals surface area contributed by atoms with Crippen LogP contribution in [0.2, 0.25) is 0 Å². The van der Waals surface area contributed by atoms with Crippen molar-refractivity contribution in [3.63, 3.8) is 0 Å². The van der Waals surface area contributed by atoms with Gasteiger partial charge in [-0.05, 0) is 42.0 Å². The number of likely N-dealkylation sites (tertiary alicyclic amines) is 1. The van der Waals surface area contributed by atoms with Crippen molar-refractivity contribution >= 4 is 16.9 Å². The van der Waals surface area contributed by atoms with Crippen LogP contribution in [0, 0.1) is 0 Å². The number of para-hydroxylation sites is 2. The lowest BCUT2D eigenvalue weighted by atomic mass is 10.0. The molecule has 0 aliphatic carbocycles. The van der Waals surface area contributed by atoms with E-state index in [2.05, 4.69) is 60.9 Å². The molecule has 0 radical (unpaired) electrons. The van der Waals surface area contributed by atoms with E-state index >= 15 is 0 Å². The third-order valence-corrected chi connectivity index (χ3v) is 5.63. The van der Waals surface area contributed by atoms with Crippen molar-refractivity contribution in [3.8, 4) is 0 Å². The van der Waals surface area contributed by atoms with Gasteiger partial charge in [-0.25, -0.2) is 4.98 Å². The molecule has 4 nitrogen and oxygen atoms in total. The van der Waals surface area contributed by atoms with Gasteiger partial charge in [0, 0.05) is 20.0 Å². The lowest BCUT2D eigenvalue weighted by Crippen LogP contribution is -2.30. The summed E-state index contributed by atoms with van der Waals surface area (Å²) in [5.41, 5.74) is 4.75. The monoisotopic (exact) mass is 361 g/mol. The molecule has 0 spiro atoms. The molecule has 4 rings (SSSR count). The molecule has 0 bridgehead atoms. The summed E-state index contributed by atoms with van der Waals surface area (Å²) in [7, 11) is 0. The molecule has 0 N–H and O–H groups in total. The van der Waals surface area contributed by atoms with Crippen LogP contribution in [0.3, 0.4) is 0 Å². The normalized spacial score (nSPS) is 17.2. The fourth-order valence-electron chi connectivity index (χ4n) is 4.12. The van der Waals surface area contributed by atoms with Gasteiger partial charge in [-0.1, -0.05) is 50.2 Å². The first-order chi connectivity index (χ1) is 13.0. The summed E-state index contributed by atoms with van der Waals surface area (Å²) in [5.74, 6) is 1.68. The molecule has 140 valence electrons. The first kappa shape index (κ1) is 17.8. The summed E-state index contributed by atoms with van der Waals surface area (Å²) in [6.45, 7) is 7.69. The van der Waals surface area contributed by atoms with Crippen LogP contribution >= 0.6 is 0 Å². The van der Waals surface area contributed by atoms with Crippen molar-refractivity contribution in [1.82, 2.24) is 14.5 Å². The summed E-state index contributed by atoms with van der Waals surface area (Å²) in [4.78, 5) is 19.0. The smallest absolute Gasteiger partial charge is 0.220 e. The van der Waals surface area contributed by atoms with Gasteiger partial charge >= 0.3 is 0 Å². The van der Waals surface area contributed by atoms with Gasteiger partial charge in [0.1, 0.15) is 5.82 Å². The van der Waals surface area contributed by atoms with Crippen molar-refractivity contribution in [2.24, 2.45) is 0 Å². The van der Waals surface area contributed by atoms with Gasteiger partial charge in [0.05, 0.1) is 17.1 Å². The van der Waals surface area contributed by atoms with Gasteiger partial charge in [0.15, 0.2) is 0 Å². The third-order valence-electron chi connectivity index (χ3n) is 5.63. The van der Waals surface area contributed by atoms with E-state index in [-0.39, 0.29) is 11.9 Å². The van der Waals surface area contributed by atoms with Crippen LogP contribution in [0.1, 0.15) is 62.5 Å². The predicted octanol–water partition coefficient (Wildman–Crippen LogP) is 4.89. The molecule has 1 saturated heterocycles. The van der Waals surface area contributed by atoms with Crippen LogP contribution in [0.25, 0.3) is 11.0 Å². The van der Waals surface area contributed by atoms with E-state index in [1.165, 1.54) is 11.1 Å². The minimum atomic E-state index is 0.0739. The standard InChI is InChI=1S/C23H27N3O/c1-16(2)19-12-10-18(11-13-19)15-26-21-8-5-4-7-20(21)24-23(26)22-9-6-14-25(22)17(3)27/h4-5,7-8,10-13,16,22H,6,9,14-15H2,1-3H3/t22-/m1/s1. The summed E-state index contributed by atoms with van der Waals surface area (Å²) in [6.07, 6.45) is 2.02. The van der Waals surface area contributed by atoms with E-state index in [1.54, 1.807) is 6.92 Å². The Morgan fingerprint density at radius 2 is 1.89 bits per heavy atom. The van der Waals surface area contributed by atoms with Crippen LogP contribution < -0.4 is 0 Å². The molecule has 1 aromatic heterocycles. The minimum Gasteiger partial charge on any atom is -0.333 e. The topological polar surface area (TPSA) is 38.1 Å². The van der Waals surface area contributed by atoms with Crippen molar-refractivity contribution in [2.75, 3.05) is 6.54 Å². The van der Waals surface area contributed by atoms with Crippen molar-refractivity contribution < 1.29 is 4.79 Å². The number of carbonyl (C=O) groups is 1. The molecule has 3 aromatic rings. The predicted molar refractivity (Wildman–Crippen MR) is 109 cm³/mol. The van der Waals surface area contributed by atoms with Crippen LogP contribution in [0.4, 0.5) is 0 Å². The minimum absolute atomic E-state index is 0.0739. The Balaban J connectivity index is 1.75. The van der Waals surface area contributed by atoms with Crippen LogP contribution in [-0.4, -0.2) is 26.9 Å². The van der Waals surface area contributed by atoms with Crippen LogP contribution in [0.5, 0.6) is 0 Å². The van der Waals surface area contributed by atoms with Gasteiger partial charge in [0.2, 0.25) is 5.91 Å². The third kappa shape index (κ3) is 3.36. The summed E-state index contributed by atoms with van der Waals surface area (Å²) in [5, 5.41) is 0. The highest BCUT2D eigenvalue weighted by atomic mass is 16.2. The molecular weight excluding hydrogens is 334 g/mol. The number of hydrogen-bond donors (Lipinski definition) is 0. The molecule has 4 heteroatoms. The van der Waals surface area contributed by atoms with Gasteiger partial charge in [-0.2, -0.15) is 0 Å². The highest BCUT2D eigenvalue weighted by Gasteiger charge is 2.32. The number of carbonyl (C=O) groups excluding carboxylic acids is 1. The van der Waals surface area contributed by atoms with Crippen molar-refractivity contribution in [1.29, 1.82) is 0 Å². The van der Waals surface area contributed by atoms with Gasteiger partial charge in [0.25, 0.3) is 0 Å². The van der Waals surface area contributed by atoms with E-state index in [0.717, 1.165) is 42.8 Å². The Kier molecular flexibility index (Phi) is 4.73. The van der Waals surface area contributed by atoms with Crippen LogP contribution in [0.15, 0.2) is 48.5 Å². The molecular formula is C23H27N3O. The lowest BCUT2D eigenvalue weighted by Gasteiger charge is -2.24. The molecule has 2 heterocycles. The number of benzene rings is 2. The van der Waals surface area contributed by atoms with E-state index in [9.17, 15) is 4.79 Å². The van der Waals surface area contributed by atoms with Gasteiger partial charge in [-0.15, -0.1) is 0 Å². The number of amides is 1. The SMILES string of the molecule is CC(=O)N1CCC[C@@H]1c1nc2ccccc2n1Cc1ccc(C(C)C)cc1. The maximum atomic E-state index is 12.1. The molecule has 0 unspecified atom stereocenters. The first-order valence-corrected chi connectivity index (χ1v) is 9.86. The second-order valence-electron chi connectivity index (χ2n) is 7.81. The second kappa shape index (κ2) is 7.18. The maximum Gasteiger partial charge on any atom is 0.220 e. The Morgan fingerprint density at radius 1 is 1.15 bits per heavy atom. The number of nitrogens with zero attached hydrogens (tertiary/aromatic N) is 3. The Morgan fingerprint density at radius 3 is 2.59 bits per heavy atom. The van der Waals surface area contributed by atoms with E-state index < -0.39 is 0 Å². The Labute approximate surface area is 160 Å². The second-order valence-corrected chi connectivity index (χ2v) is 7.81. The average Bonchev–Trinajstić information content (AvgIpc) is 3.27. The quantitative estimate of drug-likeness (QED) is 0.663. The Hall–Kier alpha value is -2.62. The van der Waals surface area contributed by atoms with Crippen molar-refractivity contribution in [3.05, 3.63) is 65.5 Å². The number of rotatable bonds is 4.